The minimum absolute atomic E-state index is 0.224. The van der Waals surface area contributed by atoms with E-state index in [4.69, 9.17) is 11.6 Å². The van der Waals surface area contributed by atoms with E-state index >= 15 is 0 Å². The summed E-state index contributed by atoms with van der Waals surface area (Å²) in [4.78, 5) is 4.42. The molecule has 3 rings (SSSR count). The first-order valence-corrected chi connectivity index (χ1v) is 6.73. The van der Waals surface area contributed by atoms with Crippen molar-refractivity contribution in [1.82, 2.24) is 9.38 Å². The molecule has 1 fully saturated rings. The Morgan fingerprint density at radius 3 is 3.19 bits per heavy atom. The molecular formula is C11H11ClN2OS. The number of aromatic nitrogens is 2. The number of thioether (sulfide) groups is 1. The molecule has 2 aromatic heterocycles. The number of fused-ring (bicyclic) bond motifs is 1. The Labute approximate surface area is 102 Å². The maximum Gasteiger partial charge on any atom is 0.155 e. The third-order valence-electron chi connectivity index (χ3n) is 2.90. The van der Waals surface area contributed by atoms with Gasteiger partial charge in [-0.3, -0.25) is 0 Å². The lowest BCUT2D eigenvalue weighted by molar-refractivity contribution is 0.475. The molecule has 0 radical (unpaired) electrons. The van der Waals surface area contributed by atoms with Crippen LogP contribution in [0.25, 0.3) is 5.52 Å². The molecule has 1 saturated heterocycles. The van der Waals surface area contributed by atoms with Crippen molar-refractivity contribution < 1.29 is 5.11 Å². The van der Waals surface area contributed by atoms with Gasteiger partial charge in [-0.2, -0.15) is 11.8 Å². The molecule has 0 bridgehead atoms. The molecule has 1 aliphatic rings. The number of pyridine rings is 1. The highest BCUT2D eigenvalue weighted by molar-refractivity contribution is 7.99. The number of nitrogens with zero attached hydrogens (tertiary/aromatic N) is 2. The standard InChI is InChI=1S/C11H11ClN2OS/c12-10-9-5-8(15)1-3-14(9)11(13-10)7-2-4-16-6-7/h1,3,5,7,15H,2,4,6H2. The normalized spacial score (nSPS) is 20.7. The van der Waals surface area contributed by atoms with Gasteiger partial charge in [0.2, 0.25) is 0 Å². The minimum Gasteiger partial charge on any atom is -0.508 e. The van der Waals surface area contributed by atoms with Crippen LogP contribution in [0.3, 0.4) is 0 Å². The van der Waals surface area contributed by atoms with E-state index < -0.39 is 0 Å². The molecule has 5 heteroatoms. The molecule has 84 valence electrons. The van der Waals surface area contributed by atoms with Gasteiger partial charge in [-0.25, -0.2) is 4.98 Å². The van der Waals surface area contributed by atoms with Gasteiger partial charge in [0, 0.05) is 23.9 Å². The van der Waals surface area contributed by atoms with Gasteiger partial charge in [0.05, 0.1) is 5.52 Å². The summed E-state index contributed by atoms with van der Waals surface area (Å²) in [6.45, 7) is 0. The molecule has 0 saturated carbocycles. The third-order valence-corrected chi connectivity index (χ3v) is 4.34. The van der Waals surface area contributed by atoms with Crippen molar-refractivity contribution in [2.45, 2.75) is 12.3 Å². The summed E-state index contributed by atoms with van der Waals surface area (Å²) in [6, 6.07) is 3.32. The summed E-state index contributed by atoms with van der Waals surface area (Å²) >= 11 is 8.03. The van der Waals surface area contributed by atoms with Crippen LogP contribution in [0.2, 0.25) is 5.15 Å². The van der Waals surface area contributed by atoms with Crippen LogP contribution in [-0.2, 0) is 0 Å². The molecule has 0 spiro atoms. The number of aromatic hydroxyl groups is 1. The van der Waals surface area contributed by atoms with E-state index in [0.29, 0.717) is 11.1 Å². The van der Waals surface area contributed by atoms with Crippen molar-refractivity contribution in [1.29, 1.82) is 0 Å². The lowest BCUT2D eigenvalue weighted by Gasteiger charge is -2.06. The van der Waals surface area contributed by atoms with Gasteiger partial charge in [-0.15, -0.1) is 0 Å². The van der Waals surface area contributed by atoms with Gasteiger partial charge >= 0.3 is 0 Å². The van der Waals surface area contributed by atoms with Gasteiger partial charge in [-0.05, 0) is 18.2 Å². The van der Waals surface area contributed by atoms with Crippen LogP contribution in [0, 0.1) is 0 Å². The Bertz CT molecular complexity index is 534. The predicted octanol–water partition coefficient (Wildman–Crippen LogP) is 2.91. The summed E-state index contributed by atoms with van der Waals surface area (Å²) in [5, 5.41) is 9.90. The van der Waals surface area contributed by atoms with Crippen LogP contribution in [0.1, 0.15) is 18.2 Å². The lowest BCUT2D eigenvalue weighted by atomic mass is 10.1. The van der Waals surface area contributed by atoms with E-state index in [2.05, 4.69) is 4.98 Å². The molecule has 1 aliphatic heterocycles. The van der Waals surface area contributed by atoms with E-state index in [-0.39, 0.29) is 5.75 Å². The first-order chi connectivity index (χ1) is 7.75. The zero-order chi connectivity index (χ0) is 11.1. The third kappa shape index (κ3) is 1.57. The fourth-order valence-corrected chi connectivity index (χ4v) is 3.54. The summed E-state index contributed by atoms with van der Waals surface area (Å²) in [5.74, 6) is 4.02. The van der Waals surface area contributed by atoms with Crippen LogP contribution < -0.4 is 0 Å². The summed E-state index contributed by atoms with van der Waals surface area (Å²) in [5.41, 5.74) is 0.786. The smallest absolute Gasteiger partial charge is 0.155 e. The first kappa shape index (κ1) is 10.3. The first-order valence-electron chi connectivity index (χ1n) is 5.20. The number of imidazole rings is 1. The van der Waals surface area contributed by atoms with E-state index in [9.17, 15) is 5.11 Å². The Morgan fingerprint density at radius 2 is 2.44 bits per heavy atom. The molecule has 16 heavy (non-hydrogen) atoms. The van der Waals surface area contributed by atoms with Crippen molar-refractivity contribution in [3.8, 4) is 5.75 Å². The van der Waals surface area contributed by atoms with Gasteiger partial charge in [-0.1, -0.05) is 11.6 Å². The molecule has 3 nitrogen and oxygen atoms in total. The fraction of sp³-hybridized carbons (Fsp3) is 0.364. The van der Waals surface area contributed by atoms with Crippen LogP contribution in [-0.4, -0.2) is 26.0 Å². The molecule has 1 atom stereocenters. The second-order valence-corrected chi connectivity index (χ2v) is 5.47. The summed E-state index contributed by atoms with van der Waals surface area (Å²) in [6.07, 6.45) is 2.99. The molecule has 1 unspecified atom stereocenters. The minimum atomic E-state index is 0.224. The predicted molar refractivity (Wildman–Crippen MR) is 66.5 cm³/mol. The molecule has 0 aromatic carbocycles. The van der Waals surface area contributed by atoms with Gasteiger partial charge in [0.15, 0.2) is 5.15 Å². The van der Waals surface area contributed by atoms with Crippen LogP contribution in [0.4, 0.5) is 0 Å². The summed E-state index contributed by atoms with van der Waals surface area (Å²) in [7, 11) is 0. The second-order valence-electron chi connectivity index (χ2n) is 3.96. The van der Waals surface area contributed by atoms with Crippen LogP contribution in [0.5, 0.6) is 5.75 Å². The highest BCUT2D eigenvalue weighted by atomic mass is 35.5. The number of halogens is 1. The maximum absolute atomic E-state index is 9.43. The van der Waals surface area contributed by atoms with Gasteiger partial charge in [0.25, 0.3) is 0 Å². The molecule has 3 heterocycles. The number of rotatable bonds is 1. The largest absolute Gasteiger partial charge is 0.508 e. The molecule has 2 aromatic rings. The quantitative estimate of drug-likeness (QED) is 0.850. The lowest BCUT2D eigenvalue weighted by Crippen LogP contribution is -2.02. The van der Waals surface area contributed by atoms with Crippen molar-refractivity contribution in [2.24, 2.45) is 0 Å². The van der Waals surface area contributed by atoms with Crippen molar-refractivity contribution in [3.05, 3.63) is 29.3 Å². The molecular weight excluding hydrogens is 244 g/mol. The van der Waals surface area contributed by atoms with E-state index in [1.165, 1.54) is 5.75 Å². The molecule has 1 N–H and O–H groups in total. The Kier molecular flexibility index (Phi) is 2.48. The molecule has 0 amide bonds. The zero-order valence-corrected chi connectivity index (χ0v) is 10.1. The van der Waals surface area contributed by atoms with Gasteiger partial charge in [0.1, 0.15) is 11.6 Å². The zero-order valence-electron chi connectivity index (χ0n) is 8.56. The van der Waals surface area contributed by atoms with Crippen molar-refractivity contribution >= 4 is 28.9 Å². The highest BCUT2D eigenvalue weighted by Crippen LogP contribution is 2.34. The topological polar surface area (TPSA) is 37.5 Å². The number of hydrogen-bond donors (Lipinski definition) is 1. The second kappa shape index (κ2) is 3.86. The molecule has 0 aliphatic carbocycles. The Morgan fingerprint density at radius 1 is 1.56 bits per heavy atom. The van der Waals surface area contributed by atoms with E-state index in [1.807, 2.05) is 22.4 Å². The van der Waals surface area contributed by atoms with Crippen LogP contribution in [0.15, 0.2) is 18.3 Å². The van der Waals surface area contributed by atoms with Crippen molar-refractivity contribution in [2.75, 3.05) is 11.5 Å². The van der Waals surface area contributed by atoms with E-state index in [0.717, 1.165) is 23.5 Å². The highest BCUT2D eigenvalue weighted by Gasteiger charge is 2.23. The Hall–Kier alpha value is -0.870. The fourth-order valence-electron chi connectivity index (χ4n) is 2.09. The Balaban J connectivity index is 2.18. The average Bonchev–Trinajstić information content (AvgIpc) is 2.87. The van der Waals surface area contributed by atoms with Gasteiger partial charge < -0.3 is 9.51 Å². The SMILES string of the molecule is Oc1ccn2c(C3CCSC3)nc(Cl)c2c1. The van der Waals surface area contributed by atoms with Crippen molar-refractivity contribution in [3.63, 3.8) is 0 Å². The monoisotopic (exact) mass is 254 g/mol. The van der Waals surface area contributed by atoms with Crippen LogP contribution >= 0.6 is 23.4 Å². The van der Waals surface area contributed by atoms with E-state index in [1.54, 1.807) is 12.1 Å². The number of hydrogen-bond acceptors (Lipinski definition) is 3. The maximum atomic E-state index is 9.43. The average molecular weight is 255 g/mol. The summed E-state index contributed by atoms with van der Waals surface area (Å²) < 4.78 is 1.98.